The predicted octanol–water partition coefficient (Wildman–Crippen LogP) is 1.45. The molecule has 152 valence electrons. The summed E-state index contributed by atoms with van der Waals surface area (Å²) < 4.78 is 10.2. The molecule has 0 aromatic heterocycles. The SMILES string of the molecule is COC(=O)COc1cc(N(C)C)ccc1C=NN1C(=O)C2C3C=CC(C3)C2C1=O. The molecule has 0 N–H and O–H groups in total. The second kappa shape index (κ2) is 7.35. The highest BCUT2D eigenvalue weighted by atomic mass is 16.6. The number of amides is 2. The van der Waals surface area contributed by atoms with Gasteiger partial charge in [-0.05, 0) is 30.4 Å². The van der Waals surface area contributed by atoms with Gasteiger partial charge >= 0.3 is 5.97 Å². The molecule has 4 rings (SSSR count). The highest BCUT2D eigenvalue weighted by molar-refractivity contribution is 6.07. The maximum Gasteiger partial charge on any atom is 0.343 e. The number of allylic oxidation sites excluding steroid dienone is 2. The Morgan fingerprint density at radius 1 is 1.21 bits per heavy atom. The summed E-state index contributed by atoms with van der Waals surface area (Å²) in [6.45, 7) is -0.255. The van der Waals surface area contributed by atoms with E-state index in [9.17, 15) is 14.4 Å². The first kappa shape index (κ1) is 19.2. The molecule has 1 saturated heterocycles. The van der Waals surface area contributed by atoms with Crippen molar-refractivity contribution in [2.24, 2.45) is 28.8 Å². The van der Waals surface area contributed by atoms with Crippen LogP contribution in [0.2, 0.25) is 0 Å². The fourth-order valence-electron chi connectivity index (χ4n) is 4.35. The van der Waals surface area contributed by atoms with Crippen LogP contribution in [0, 0.1) is 23.7 Å². The maximum atomic E-state index is 12.7. The number of benzene rings is 1. The molecule has 2 bridgehead atoms. The summed E-state index contributed by atoms with van der Waals surface area (Å²) in [6.07, 6.45) is 6.39. The molecule has 2 aliphatic carbocycles. The number of imide groups is 1. The molecule has 8 heteroatoms. The number of hydrogen-bond acceptors (Lipinski definition) is 7. The second-order valence-electron chi connectivity index (χ2n) is 7.71. The number of nitrogens with zero attached hydrogens (tertiary/aromatic N) is 3. The first-order valence-corrected chi connectivity index (χ1v) is 9.52. The van der Waals surface area contributed by atoms with Crippen LogP contribution in [-0.2, 0) is 19.1 Å². The first-order valence-electron chi connectivity index (χ1n) is 9.52. The molecular formula is C21H23N3O5. The summed E-state index contributed by atoms with van der Waals surface area (Å²) in [5.74, 6) is -0.887. The van der Waals surface area contributed by atoms with Gasteiger partial charge in [-0.25, -0.2) is 4.79 Å². The van der Waals surface area contributed by atoms with Gasteiger partial charge in [0, 0.05) is 31.4 Å². The minimum Gasteiger partial charge on any atom is -0.481 e. The van der Waals surface area contributed by atoms with Crippen LogP contribution in [0.25, 0.3) is 0 Å². The normalized spacial score (nSPS) is 27.1. The molecule has 0 radical (unpaired) electrons. The van der Waals surface area contributed by atoms with Crippen LogP contribution in [0.5, 0.6) is 5.75 Å². The quantitative estimate of drug-likeness (QED) is 0.312. The van der Waals surface area contributed by atoms with Crippen LogP contribution in [0.15, 0.2) is 35.5 Å². The number of fused-ring (bicyclic) bond motifs is 5. The van der Waals surface area contributed by atoms with E-state index in [-0.39, 0.29) is 42.1 Å². The van der Waals surface area contributed by atoms with E-state index in [1.165, 1.54) is 13.3 Å². The van der Waals surface area contributed by atoms with Gasteiger partial charge in [-0.1, -0.05) is 12.2 Å². The Morgan fingerprint density at radius 3 is 2.45 bits per heavy atom. The summed E-state index contributed by atoms with van der Waals surface area (Å²) in [4.78, 5) is 38.8. The minimum atomic E-state index is -0.510. The second-order valence-corrected chi connectivity index (χ2v) is 7.71. The topological polar surface area (TPSA) is 88.5 Å². The van der Waals surface area contributed by atoms with E-state index in [2.05, 4.69) is 9.84 Å². The van der Waals surface area contributed by atoms with Gasteiger partial charge in [0.25, 0.3) is 11.8 Å². The number of esters is 1. The van der Waals surface area contributed by atoms with E-state index in [0.29, 0.717) is 11.3 Å². The van der Waals surface area contributed by atoms with Crippen LogP contribution in [0.1, 0.15) is 12.0 Å². The summed E-state index contributed by atoms with van der Waals surface area (Å²) >= 11 is 0. The van der Waals surface area contributed by atoms with E-state index >= 15 is 0 Å². The van der Waals surface area contributed by atoms with Gasteiger partial charge in [0.1, 0.15) is 5.75 Å². The van der Waals surface area contributed by atoms with Crippen molar-refractivity contribution in [1.29, 1.82) is 0 Å². The lowest BCUT2D eigenvalue weighted by Gasteiger charge is -2.16. The highest BCUT2D eigenvalue weighted by Crippen LogP contribution is 2.52. The van der Waals surface area contributed by atoms with E-state index in [0.717, 1.165) is 17.1 Å². The number of carbonyl (C=O) groups excluding carboxylic acids is 3. The van der Waals surface area contributed by atoms with Crippen molar-refractivity contribution >= 4 is 29.7 Å². The molecule has 0 spiro atoms. The Morgan fingerprint density at radius 2 is 1.86 bits per heavy atom. The van der Waals surface area contributed by atoms with Gasteiger partial charge in [0.15, 0.2) is 6.61 Å². The number of methoxy groups -OCH3 is 1. The summed E-state index contributed by atoms with van der Waals surface area (Å²) in [6, 6.07) is 5.39. The average molecular weight is 397 g/mol. The van der Waals surface area contributed by atoms with Gasteiger partial charge in [-0.2, -0.15) is 10.1 Å². The van der Waals surface area contributed by atoms with Gasteiger partial charge < -0.3 is 14.4 Å². The molecular weight excluding hydrogens is 374 g/mol. The number of hydrogen-bond donors (Lipinski definition) is 0. The van der Waals surface area contributed by atoms with Crippen molar-refractivity contribution in [3.8, 4) is 5.75 Å². The van der Waals surface area contributed by atoms with Crippen molar-refractivity contribution in [2.75, 3.05) is 32.7 Å². The van der Waals surface area contributed by atoms with E-state index in [1.54, 1.807) is 12.1 Å². The fourth-order valence-corrected chi connectivity index (χ4v) is 4.35. The zero-order valence-corrected chi connectivity index (χ0v) is 16.6. The summed E-state index contributed by atoms with van der Waals surface area (Å²) in [7, 11) is 5.06. The zero-order chi connectivity index (χ0) is 20.7. The average Bonchev–Trinajstić information content (AvgIpc) is 3.39. The molecule has 1 saturated carbocycles. The molecule has 1 heterocycles. The van der Waals surface area contributed by atoms with E-state index in [4.69, 9.17) is 4.74 Å². The third-order valence-electron chi connectivity index (χ3n) is 5.85. The van der Waals surface area contributed by atoms with Crippen LogP contribution >= 0.6 is 0 Å². The minimum absolute atomic E-state index is 0.139. The Labute approximate surface area is 168 Å². The third-order valence-corrected chi connectivity index (χ3v) is 5.85. The van der Waals surface area contributed by atoms with Crippen LogP contribution in [0.4, 0.5) is 5.69 Å². The van der Waals surface area contributed by atoms with Gasteiger partial charge in [0.2, 0.25) is 0 Å². The van der Waals surface area contributed by atoms with Crippen molar-refractivity contribution in [1.82, 2.24) is 5.01 Å². The third kappa shape index (κ3) is 3.28. The molecule has 2 fully saturated rings. The molecule has 8 nitrogen and oxygen atoms in total. The lowest BCUT2D eigenvalue weighted by Crippen LogP contribution is -2.28. The van der Waals surface area contributed by atoms with E-state index < -0.39 is 5.97 Å². The fraction of sp³-hybridized carbons (Fsp3) is 0.429. The largest absolute Gasteiger partial charge is 0.481 e. The number of hydrazone groups is 1. The van der Waals surface area contributed by atoms with Gasteiger partial charge in [0.05, 0.1) is 25.2 Å². The molecule has 29 heavy (non-hydrogen) atoms. The Balaban J connectivity index is 1.57. The van der Waals surface area contributed by atoms with Crippen molar-refractivity contribution in [3.63, 3.8) is 0 Å². The van der Waals surface area contributed by atoms with Crippen molar-refractivity contribution < 1.29 is 23.9 Å². The molecule has 4 unspecified atom stereocenters. The van der Waals surface area contributed by atoms with E-state index in [1.807, 2.05) is 37.2 Å². The number of anilines is 1. The number of carbonyl (C=O) groups is 3. The lowest BCUT2D eigenvalue weighted by molar-refractivity contribution is -0.143. The van der Waals surface area contributed by atoms with Crippen LogP contribution < -0.4 is 9.64 Å². The summed E-state index contributed by atoms with van der Waals surface area (Å²) in [5.41, 5.74) is 1.42. The standard InChI is InChI=1S/C21H23N3O5/c1-23(2)15-7-6-14(16(9-15)29-11-17(25)28-3)10-22-24-20(26)18-12-4-5-13(8-12)19(18)21(24)27/h4-7,9-10,12-13,18-19H,8,11H2,1-3H3. The highest BCUT2D eigenvalue weighted by Gasteiger charge is 2.59. The number of ether oxygens (including phenoxy) is 2. The molecule has 1 aromatic rings. The molecule has 1 aliphatic heterocycles. The van der Waals surface area contributed by atoms with Crippen molar-refractivity contribution in [2.45, 2.75) is 6.42 Å². The Hall–Kier alpha value is -3.16. The first-order chi connectivity index (χ1) is 13.9. The Bertz CT molecular complexity index is 893. The van der Waals surface area contributed by atoms with Gasteiger partial charge in [-0.15, -0.1) is 0 Å². The van der Waals surface area contributed by atoms with Crippen LogP contribution in [-0.4, -0.2) is 56.8 Å². The molecule has 2 amide bonds. The monoisotopic (exact) mass is 397 g/mol. The Kier molecular flexibility index (Phi) is 4.86. The lowest BCUT2D eigenvalue weighted by atomic mass is 9.85. The summed E-state index contributed by atoms with van der Waals surface area (Å²) in [5, 5.41) is 5.18. The maximum absolute atomic E-state index is 12.7. The predicted molar refractivity (Wildman–Crippen MR) is 105 cm³/mol. The molecule has 1 aromatic carbocycles. The molecule has 3 aliphatic rings. The van der Waals surface area contributed by atoms with Gasteiger partial charge in [-0.3, -0.25) is 9.59 Å². The smallest absolute Gasteiger partial charge is 0.343 e. The van der Waals surface area contributed by atoms with Crippen molar-refractivity contribution in [3.05, 3.63) is 35.9 Å². The molecule has 4 atom stereocenters. The zero-order valence-electron chi connectivity index (χ0n) is 16.6. The van der Waals surface area contributed by atoms with Crippen LogP contribution in [0.3, 0.4) is 0 Å². The number of rotatable bonds is 6.